The second kappa shape index (κ2) is 7.56. The van der Waals surface area contributed by atoms with Crippen LogP contribution in [0, 0.1) is 6.92 Å². The van der Waals surface area contributed by atoms with Crippen molar-refractivity contribution in [2.45, 2.75) is 45.4 Å². The van der Waals surface area contributed by atoms with Crippen LogP contribution in [0.3, 0.4) is 0 Å². The first-order chi connectivity index (χ1) is 13.1. The third kappa shape index (κ3) is 3.91. The standard InChI is InChI=1S/C21H26N4O2S/c1-13-12-16-18(17(22-13)14(2)24-28(27)21(3,4)5)23-19(25(6)20(16)26)15-10-8-7-9-11-15/h7-12,14,24H,1-6H3/t14-,28?/m1/s1. The van der Waals surface area contributed by atoms with Gasteiger partial charge in [0.15, 0.2) is 0 Å². The van der Waals surface area contributed by atoms with E-state index in [-0.39, 0.29) is 11.6 Å². The van der Waals surface area contributed by atoms with Gasteiger partial charge < -0.3 is 0 Å². The number of aromatic nitrogens is 3. The largest absolute Gasteiger partial charge is 0.295 e. The summed E-state index contributed by atoms with van der Waals surface area (Å²) in [6, 6.07) is 11.0. The fourth-order valence-electron chi connectivity index (χ4n) is 2.97. The predicted octanol–water partition coefficient (Wildman–Crippen LogP) is 3.42. The number of nitrogens with one attached hydrogen (secondary N) is 1. The van der Waals surface area contributed by atoms with Gasteiger partial charge in [-0.25, -0.2) is 13.9 Å². The summed E-state index contributed by atoms with van der Waals surface area (Å²) in [7, 11) is 0.455. The summed E-state index contributed by atoms with van der Waals surface area (Å²) in [5.41, 5.74) is 2.62. The second-order valence-corrected chi connectivity index (χ2v) is 9.93. The molecule has 0 fully saturated rings. The van der Waals surface area contributed by atoms with Crippen molar-refractivity contribution in [3.8, 4) is 11.4 Å². The molecule has 1 N–H and O–H groups in total. The van der Waals surface area contributed by atoms with Crippen molar-refractivity contribution >= 4 is 21.9 Å². The maximum absolute atomic E-state index is 13.0. The Kier molecular flexibility index (Phi) is 5.50. The highest BCUT2D eigenvalue weighted by molar-refractivity contribution is 7.84. The van der Waals surface area contributed by atoms with Gasteiger partial charge in [-0.05, 0) is 40.7 Å². The van der Waals surface area contributed by atoms with Gasteiger partial charge in [-0.3, -0.25) is 14.3 Å². The Labute approximate surface area is 167 Å². The Balaban J connectivity index is 2.22. The average Bonchev–Trinajstić information content (AvgIpc) is 2.64. The van der Waals surface area contributed by atoms with Crippen LogP contribution in [0.15, 0.2) is 41.2 Å². The van der Waals surface area contributed by atoms with E-state index in [0.717, 1.165) is 11.3 Å². The summed E-state index contributed by atoms with van der Waals surface area (Å²) in [5.74, 6) is 0.578. The van der Waals surface area contributed by atoms with Gasteiger partial charge in [0, 0.05) is 18.3 Å². The van der Waals surface area contributed by atoms with Gasteiger partial charge in [0.25, 0.3) is 5.56 Å². The minimum Gasteiger partial charge on any atom is -0.295 e. The number of hydrogen-bond acceptors (Lipinski definition) is 4. The molecule has 0 amide bonds. The van der Waals surface area contributed by atoms with E-state index >= 15 is 0 Å². The molecule has 0 saturated carbocycles. The van der Waals surface area contributed by atoms with Crippen LogP contribution in [0.5, 0.6) is 0 Å². The molecule has 28 heavy (non-hydrogen) atoms. The van der Waals surface area contributed by atoms with Crippen LogP contribution in [0.2, 0.25) is 0 Å². The molecule has 1 unspecified atom stereocenters. The van der Waals surface area contributed by atoms with Crippen molar-refractivity contribution in [1.82, 2.24) is 19.3 Å². The number of hydrogen-bond donors (Lipinski definition) is 1. The topological polar surface area (TPSA) is 76.9 Å². The lowest BCUT2D eigenvalue weighted by Gasteiger charge is -2.22. The van der Waals surface area contributed by atoms with Gasteiger partial charge in [0.1, 0.15) is 11.3 Å². The number of fused-ring (bicyclic) bond motifs is 1. The first kappa shape index (κ1) is 20.4. The number of aryl methyl sites for hydroxylation is 1. The number of pyridine rings is 1. The normalized spacial score (nSPS) is 14.2. The quantitative estimate of drug-likeness (QED) is 0.731. The Morgan fingerprint density at radius 3 is 2.39 bits per heavy atom. The Morgan fingerprint density at radius 2 is 1.79 bits per heavy atom. The summed E-state index contributed by atoms with van der Waals surface area (Å²) in [6.45, 7) is 9.47. The van der Waals surface area contributed by atoms with Crippen LogP contribution >= 0.6 is 0 Å². The van der Waals surface area contributed by atoms with Crippen molar-refractivity contribution in [1.29, 1.82) is 0 Å². The van der Waals surface area contributed by atoms with Crippen LogP contribution in [-0.2, 0) is 18.0 Å². The van der Waals surface area contributed by atoms with Crippen LogP contribution in [-0.4, -0.2) is 23.5 Å². The van der Waals surface area contributed by atoms with Crippen molar-refractivity contribution in [2.24, 2.45) is 7.05 Å². The molecule has 0 aliphatic rings. The van der Waals surface area contributed by atoms with Crippen LogP contribution in [0.25, 0.3) is 22.3 Å². The highest BCUT2D eigenvalue weighted by Crippen LogP contribution is 2.24. The summed E-state index contributed by atoms with van der Waals surface area (Å²) in [5, 5.41) is 0.514. The Morgan fingerprint density at radius 1 is 1.14 bits per heavy atom. The lowest BCUT2D eigenvalue weighted by Crippen LogP contribution is -2.35. The van der Waals surface area contributed by atoms with Crippen molar-refractivity contribution < 1.29 is 4.21 Å². The molecule has 2 atom stereocenters. The molecule has 1 aromatic carbocycles. The Bertz CT molecular complexity index is 1100. The van der Waals surface area contributed by atoms with Gasteiger partial charge in [0.05, 0.1) is 32.9 Å². The van der Waals surface area contributed by atoms with E-state index in [2.05, 4.69) is 9.71 Å². The van der Waals surface area contributed by atoms with E-state index in [9.17, 15) is 9.00 Å². The lowest BCUT2D eigenvalue weighted by molar-refractivity contribution is 0.612. The predicted molar refractivity (Wildman–Crippen MR) is 114 cm³/mol. The summed E-state index contributed by atoms with van der Waals surface area (Å²) in [6.07, 6.45) is 0. The maximum atomic E-state index is 13.0. The summed E-state index contributed by atoms with van der Waals surface area (Å²) in [4.78, 5) is 22.5. The molecule has 0 bridgehead atoms. The van der Waals surface area contributed by atoms with Gasteiger partial charge in [-0.2, -0.15) is 0 Å². The summed E-state index contributed by atoms with van der Waals surface area (Å²) >= 11 is 0. The monoisotopic (exact) mass is 398 g/mol. The van der Waals surface area contributed by atoms with E-state index in [1.165, 1.54) is 0 Å². The van der Waals surface area contributed by atoms with Crippen molar-refractivity contribution in [3.05, 3.63) is 58.1 Å². The van der Waals surface area contributed by atoms with E-state index in [4.69, 9.17) is 4.98 Å². The molecular weight excluding hydrogens is 372 g/mol. The van der Waals surface area contributed by atoms with Crippen LogP contribution in [0.1, 0.15) is 45.1 Å². The minimum atomic E-state index is -1.27. The van der Waals surface area contributed by atoms with E-state index in [1.807, 2.05) is 65.0 Å². The zero-order chi connectivity index (χ0) is 20.6. The van der Waals surface area contributed by atoms with Gasteiger partial charge in [0.2, 0.25) is 0 Å². The average molecular weight is 399 g/mol. The first-order valence-corrected chi connectivity index (χ1v) is 10.4. The number of benzene rings is 1. The molecule has 2 aromatic heterocycles. The SMILES string of the molecule is Cc1cc2c(=O)n(C)c(-c3ccccc3)nc2c([C@@H](C)NS(=O)C(C)(C)C)n1. The molecular formula is C21H26N4O2S. The number of rotatable bonds is 4. The van der Waals surface area contributed by atoms with Crippen molar-refractivity contribution in [3.63, 3.8) is 0 Å². The molecule has 6 nitrogen and oxygen atoms in total. The zero-order valence-electron chi connectivity index (χ0n) is 17.1. The van der Waals surface area contributed by atoms with Crippen molar-refractivity contribution in [2.75, 3.05) is 0 Å². The second-order valence-electron chi connectivity index (χ2n) is 7.93. The molecule has 0 aliphatic carbocycles. The van der Waals surface area contributed by atoms with E-state index < -0.39 is 15.7 Å². The van der Waals surface area contributed by atoms with E-state index in [0.29, 0.717) is 22.4 Å². The fraction of sp³-hybridized carbons (Fsp3) is 0.381. The van der Waals surface area contributed by atoms with E-state index in [1.54, 1.807) is 17.7 Å². The molecule has 3 aromatic rings. The third-order valence-corrected chi connectivity index (χ3v) is 6.18. The van der Waals surface area contributed by atoms with Gasteiger partial charge in [-0.15, -0.1) is 0 Å². The fourth-order valence-corrected chi connectivity index (χ4v) is 3.76. The van der Waals surface area contributed by atoms with Gasteiger partial charge in [-0.1, -0.05) is 30.3 Å². The number of nitrogens with zero attached hydrogens (tertiary/aromatic N) is 3. The van der Waals surface area contributed by atoms with Gasteiger partial charge >= 0.3 is 0 Å². The molecule has 2 heterocycles. The molecule has 3 rings (SSSR count). The molecule has 0 radical (unpaired) electrons. The highest BCUT2D eigenvalue weighted by Gasteiger charge is 2.24. The van der Waals surface area contributed by atoms with Crippen LogP contribution in [0.4, 0.5) is 0 Å². The zero-order valence-corrected chi connectivity index (χ0v) is 17.9. The molecule has 148 valence electrons. The van der Waals surface area contributed by atoms with Crippen LogP contribution < -0.4 is 10.3 Å². The highest BCUT2D eigenvalue weighted by atomic mass is 32.2. The molecule has 0 aliphatic heterocycles. The lowest BCUT2D eigenvalue weighted by atomic mass is 10.1. The first-order valence-electron chi connectivity index (χ1n) is 9.21. The molecule has 0 saturated heterocycles. The smallest absolute Gasteiger partial charge is 0.261 e. The summed E-state index contributed by atoms with van der Waals surface area (Å²) < 4.78 is 16.8. The molecule has 0 spiro atoms. The minimum absolute atomic E-state index is 0.125. The molecule has 7 heteroatoms. The Hall–Kier alpha value is -2.38. The third-order valence-electron chi connectivity index (χ3n) is 4.50. The maximum Gasteiger partial charge on any atom is 0.261 e.